The third-order valence-electron chi connectivity index (χ3n) is 3.18. The van der Waals surface area contributed by atoms with Crippen LogP contribution >= 0.6 is 0 Å². The monoisotopic (exact) mass is 265 g/mol. The molecule has 0 aliphatic heterocycles. The molecule has 3 rings (SSSR count). The van der Waals surface area contributed by atoms with Gasteiger partial charge in [0.05, 0.1) is 5.56 Å². The Morgan fingerprint density at radius 3 is 2.45 bits per heavy atom. The minimum absolute atomic E-state index is 0.153. The van der Waals surface area contributed by atoms with Crippen LogP contribution in [0.2, 0.25) is 0 Å². The summed E-state index contributed by atoms with van der Waals surface area (Å²) in [6, 6.07) is 15.8. The van der Waals surface area contributed by atoms with Crippen LogP contribution in [0.5, 0.6) is 0 Å². The number of pyridine rings is 1. The van der Waals surface area contributed by atoms with Gasteiger partial charge in [-0.05, 0) is 29.1 Å². The number of hydrogen-bond acceptors (Lipinski definition) is 2. The highest BCUT2D eigenvalue weighted by Crippen LogP contribution is 2.20. The lowest BCUT2D eigenvalue weighted by atomic mass is 10.0. The van der Waals surface area contributed by atoms with Gasteiger partial charge < -0.3 is 10.1 Å². The number of carbonyl (C=O) groups is 1. The first-order chi connectivity index (χ1) is 9.65. The maximum atomic E-state index is 12.1. The van der Waals surface area contributed by atoms with E-state index in [1.807, 2.05) is 30.3 Å². The van der Waals surface area contributed by atoms with Crippen LogP contribution in [0.3, 0.4) is 0 Å². The van der Waals surface area contributed by atoms with Crippen molar-refractivity contribution in [2.45, 2.75) is 0 Å². The van der Waals surface area contributed by atoms with Crippen molar-refractivity contribution in [2.75, 3.05) is 0 Å². The normalized spacial score (nSPS) is 10.6. The van der Waals surface area contributed by atoms with E-state index in [1.165, 1.54) is 12.1 Å². The Morgan fingerprint density at radius 2 is 1.75 bits per heavy atom. The summed E-state index contributed by atoms with van der Waals surface area (Å²) in [6.07, 6.45) is 0. The zero-order valence-corrected chi connectivity index (χ0v) is 10.5. The zero-order chi connectivity index (χ0) is 14.1. The Bertz CT molecular complexity index is 850. The van der Waals surface area contributed by atoms with Gasteiger partial charge in [-0.15, -0.1) is 0 Å². The van der Waals surface area contributed by atoms with E-state index < -0.39 is 5.97 Å². The number of rotatable bonds is 2. The van der Waals surface area contributed by atoms with Crippen molar-refractivity contribution in [3.8, 4) is 11.1 Å². The summed E-state index contributed by atoms with van der Waals surface area (Å²) in [5.41, 5.74) is 1.85. The average Bonchev–Trinajstić information content (AvgIpc) is 2.46. The van der Waals surface area contributed by atoms with E-state index in [0.717, 1.165) is 10.9 Å². The van der Waals surface area contributed by atoms with E-state index in [9.17, 15) is 9.59 Å². The van der Waals surface area contributed by atoms with E-state index >= 15 is 0 Å². The van der Waals surface area contributed by atoms with Crippen LogP contribution in [0.25, 0.3) is 22.0 Å². The molecule has 2 N–H and O–H groups in total. The SMILES string of the molecule is O=C(O)c1ccc2cc(-c3ccccc3)c(=O)[nH]c2c1. The fourth-order valence-electron chi connectivity index (χ4n) is 2.17. The molecule has 1 aromatic heterocycles. The lowest BCUT2D eigenvalue weighted by Gasteiger charge is -2.04. The first kappa shape index (κ1) is 12.2. The van der Waals surface area contributed by atoms with Gasteiger partial charge in [0.15, 0.2) is 0 Å². The lowest BCUT2D eigenvalue weighted by Crippen LogP contribution is -2.09. The molecule has 0 aliphatic rings. The Hall–Kier alpha value is -2.88. The maximum Gasteiger partial charge on any atom is 0.335 e. The molecular weight excluding hydrogens is 254 g/mol. The van der Waals surface area contributed by atoms with Crippen molar-refractivity contribution in [1.82, 2.24) is 4.98 Å². The highest BCUT2D eigenvalue weighted by molar-refractivity contribution is 5.93. The van der Waals surface area contributed by atoms with Gasteiger partial charge in [-0.3, -0.25) is 4.79 Å². The number of aromatic carboxylic acids is 1. The molecule has 0 amide bonds. The average molecular weight is 265 g/mol. The zero-order valence-electron chi connectivity index (χ0n) is 10.5. The predicted molar refractivity (Wildman–Crippen MR) is 77.0 cm³/mol. The van der Waals surface area contributed by atoms with Crippen LogP contribution in [0.15, 0.2) is 59.4 Å². The van der Waals surface area contributed by atoms with Crippen LogP contribution in [0.4, 0.5) is 0 Å². The minimum atomic E-state index is -1.01. The molecule has 0 bridgehead atoms. The number of carboxylic acid groups (broad SMARTS) is 1. The van der Waals surface area contributed by atoms with Crippen molar-refractivity contribution < 1.29 is 9.90 Å². The van der Waals surface area contributed by atoms with E-state index in [4.69, 9.17) is 5.11 Å². The van der Waals surface area contributed by atoms with Gasteiger partial charge >= 0.3 is 5.97 Å². The summed E-state index contributed by atoms with van der Waals surface area (Å²) in [5.74, 6) is -1.01. The fourth-order valence-corrected chi connectivity index (χ4v) is 2.17. The molecule has 1 heterocycles. The van der Waals surface area contributed by atoms with Crippen LogP contribution in [-0.2, 0) is 0 Å². The molecule has 4 heteroatoms. The molecule has 0 saturated carbocycles. The van der Waals surface area contributed by atoms with Crippen LogP contribution < -0.4 is 5.56 Å². The van der Waals surface area contributed by atoms with Crippen LogP contribution in [-0.4, -0.2) is 16.1 Å². The fraction of sp³-hybridized carbons (Fsp3) is 0. The molecule has 4 nitrogen and oxygen atoms in total. The molecule has 0 radical (unpaired) electrons. The van der Waals surface area contributed by atoms with Crippen LogP contribution in [0, 0.1) is 0 Å². The van der Waals surface area contributed by atoms with Crippen molar-refractivity contribution in [2.24, 2.45) is 0 Å². The quantitative estimate of drug-likeness (QED) is 0.748. The van der Waals surface area contributed by atoms with Gasteiger partial charge in [0.1, 0.15) is 0 Å². The van der Waals surface area contributed by atoms with Gasteiger partial charge in [-0.1, -0.05) is 36.4 Å². The van der Waals surface area contributed by atoms with Crippen molar-refractivity contribution in [1.29, 1.82) is 0 Å². The first-order valence-corrected chi connectivity index (χ1v) is 6.11. The van der Waals surface area contributed by atoms with E-state index in [0.29, 0.717) is 11.1 Å². The number of H-pyrrole nitrogens is 1. The Balaban J connectivity index is 2.23. The van der Waals surface area contributed by atoms with Gasteiger partial charge in [0, 0.05) is 11.1 Å². The highest BCUT2D eigenvalue weighted by Gasteiger charge is 2.08. The molecular formula is C16H11NO3. The Morgan fingerprint density at radius 1 is 1.00 bits per heavy atom. The van der Waals surface area contributed by atoms with E-state index in [2.05, 4.69) is 4.98 Å². The maximum absolute atomic E-state index is 12.1. The Kier molecular flexibility index (Phi) is 2.84. The molecule has 98 valence electrons. The summed E-state index contributed by atoms with van der Waals surface area (Å²) < 4.78 is 0. The number of aromatic nitrogens is 1. The number of nitrogens with one attached hydrogen (secondary N) is 1. The number of hydrogen-bond donors (Lipinski definition) is 2. The van der Waals surface area contributed by atoms with E-state index in [-0.39, 0.29) is 11.1 Å². The summed E-state index contributed by atoms with van der Waals surface area (Å²) in [7, 11) is 0. The van der Waals surface area contributed by atoms with Gasteiger partial charge in [0.25, 0.3) is 5.56 Å². The number of fused-ring (bicyclic) bond motifs is 1. The third kappa shape index (κ3) is 2.07. The molecule has 0 fully saturated rings. The van der Waals surface area contributed by atoms with Gasteiger partial charge in [-0.2, -0.15) is 0 Å². The molecule has 0 spiro atoms. The standard InChI is InChI=1S/C16H11NO3/c18-15-13(10-4-2-1-3-5-10)8-11-6-7-12(16(19)20)9-14(11)17-15/h1-9H,(H,17,18)(H,19,20). The second-order valence-corrected chi connectivity index (χ2v) is 4.49. The number of benzene rings is 2. The summed E-state index contributed by atoms with van der Waals surface area (Å²) in [6.45, 7) is 0. The second-order valence-electron chi connectivity index (χ2n) is 4.49. The predicted octanol–water partition coefficient (Wildman–Crippen LogP) is 2.89. The highest BCUT2D eigenvalue weighted by atomic mass is 16.4. The topological polar surface area (TPSA) is 70.2 Å². The molecule has 3 aromatic rings. The molecule has 20 heavy (non-hydrogen) atoms. The third-order valence-corrected chi connectivity index (χ3v) is 3.18. The largest absolute Gasteiger partial charge is 0.478 e. The number of carboxylic acids is 1. The second kappa shape index (κ2) is 4.66. The minimum Gasteiger partial charge on any atom is -0.478 e. The van der Waals surface area contributed by atoms with Crippen molar-refractivity contribution in [3.05, 3.63) is 70.5 Å². The number of aromatic amines is 1. The van der Waals surface area contributed by atoms with Crippen LogP contribution in [0.1, 0.15) is 10.4 Å². The Labute approximate surface area is 114 Å². The smallest absolute Gasteiger partial charge is 0.335 e. The molecule has 0 saturated heterocycles. The summed E-state index contributed by atoms with van der Waals surface area (Å²) in [5, 5.41) is 9.75. The van der Waals surface area contributed by atoms with Crippen molar-refractivity contribution in [3.63, 3.8) is 0 Å². The summed E-state index contributed by atoms with van der Waals surface area (Å²) in [4.78, 5) is 25.8. The molecule has 0 aliphatic carbocycles. The molecule has 0 atom stereocenters. The molecule has 0 unspecified atom stereocenters. The van der Waals surface area contributed by atoms with Crippen molar-refractivity contribution >= 4 is 16.9 Å². The molecule has 2 aromatic carbocycles. The lowest BCUT2D eigenvalue weighted by molar-refractivity contribution is 0.0697. The first-order valence-electron chi connectivity index (χ1n) is 6.11. The van der Waals surface area contributed by atoms with Gasteiger partial charge in [0.2, 0.25) is 0 Å². The summed E-state index contributed by atoms with van der Waals surface area (Å²) >= 11 is 0. The van der Waals surface area contributed by atoms with E-state index in [1.54, 1.807) is 12.1 Å². The van der Waals surface area contributed by atoms with Gasteiger partial charge in [-0.25, -0.2) is 4.79 Å².